The molecule has 0 aromatic heterocycles. The smallest absolute Gasteiger partial charge is 0.338 e. The van der Waals surface area contributed by atoms with E-state index < -0.39 is 16.0 Å². The highest BCUT2D eigenvalue weighted by Crippen LogP contribution is 2.30. The Morgan fingerprint density at radius 1 is 1.00 bits per heavy atom. The van der Waals surface area contributed by atoms with Crippen LogP contribution in [0.5, 0.6) is 0 Å². The van der Waals surface area contributed by atoms with Gasteiger partial charge in [-0.15, -0.1) is 0 Å². The number of hydrogen-bond donors (Lipinski definition) is 3. The molecule has 29 heavy (non-hydrogen) atoms. The van der Waals surface area contributed by atoms with Crippen LogP contribution < -0.4 is 10.0 Å². The molecule has 0 saturated carbocycles. The first-order valence-corrected chi connectivity index (χ1v) is 10.6. The Kier molecular flexibility index (Phi) is 6.36. The Morgan fingerprint density at radius 3 is 2.48 bits per heavy atom. The Hall–Kier alpha value is -3.10. The van der Waals surface area contributed by atoms with Crippen LogP contribution in [0.1, 0.15) is 17.3 Å². The number of hydrogen-bond acceptors (Lipinski definition) is 5. The molecule has 0 fully saturated rings. The second-order valence-corrected chi connectivity index (χ2v) is 7.89. The van der Waals surface area contributed by atoms with E-state index in [1.54, 1.807) is 48.5 Å². The summed E-state index contributed by atoms with van der Waals surface area (Å²) in [6.45, 7) is 3.33. The first-order valence-electron chi connectivity index (χ1n) is 9.12. The predicted octanol–water partition coefficient (Wildman–Crippen LogP) is 3.79. The molecular weight excluding hydrogens is 392 g/mol. The summed E-state index contributed by atoms with van der Waals surface area (Å²) < 4.78 is 33.8. The molecule has 0 heterocycles. The highest BCUT2D eigenvalue weighted by Gasteiger charge is 2.22. The average molecular weight is 414 g/mol. The molecule has 3 aromatic carbocycles. The van der Waals surface area contributed by atoms with Gasteiger partial charge in [-0.3, -0.25) is 4.72 Å². The second-order valence-electron chi connectivity index (χ2n) is 6.24. The monoisotopic (exact) mass is 414 g/mol. The minimum absolute atomic E-state index is 0.0142. The lowest BCUT2D eigenvalue weighted by atomic mass is 10.0. The van der Waals surface area contributed by atoms with Gasteiger partial charge in [0, 0.05) is 13.2 Å². The van der Waals surface area contributed by atoms with Gasteiger partial charge in [0.2, 0.25) is 0 Å². The molecule has 0 aliphatic heterocycles. The number of nitrogens with one attached hydrogen (secondary N) is 2. The maximum absolute atomic E-state index is 13.0. The maximum atomic E-state index is 13.0. The van der Waals surface area contributed by atoms with Crippen molar-refractivity contribution in [1.29, 1.82) is 0 Å². The zero-order valence-corrected chi connectivity index (χ0v) is 16.7. The van der Waals surface area contributed by atoms with E-state index in [4.69, 9.17) is 4.74 Å². The number of carbonyl (C=O) groups is 1. The number of anilines is 2. The molecule has 3 rings (SSSR count). The number of sulfonamides is 1. The van der Waals surface area contributed by atoms with E-state index in [0.29, 0.717) is 36.2 Å². The zero-order chi connectivity index (χ0) is 20.9. The SMILES string of the molecule is CCOCCNc1ccccc1S(=O)(=O)Nc1ccc2ccccc2c1C(=O)O. The fraction of sp³-hybridized carbons (Fsp3) is 0.190. The van der Waals surface area contributed by atoms with Gasteiger partial charge in [0.05, 0.1) is 23.5 Å². The average Bonchev–Trinajstić information content (AvgIpc) is 2.70. The van der Waals surface area contributed by atoms with Crippen molar-refractivity contribution in [2.75, 3.05) is 29.8 Å². The van der Waals surface area contributed by atoms with Crippen molar-refractivity contribution in [3.05, 3.63) is 66.2 Å². The summed E-state index contributed by atoms with van der Waals surface area (Å²) in [6, 6.07) is 16.5. The van der Waals surface area contributed by atoms with Crippen molar-refractivity contribution in [2.24, 2.45) is 0 Å². The van der Waals surface area contributed by atoms with E-state index in [-0.39, 0.29) is 16.1 Å². The van der Waals surface area contributed by atoms with Crippen LogP contribution in [0.3, 0.4) is 0 Å². The van der Waals surface area contributed by atoms with Crippen molar-refractivity contribution < 1.29 is 23.1 Å². The third-order valence-electron chi connectivity index (χ3n) is 4.33. The van der Waals surface area contributed by atoms with Crippen LogP contribution in [0.2, 0.25) is 0 Å². The first kappa shape index (κ1) is 20.6. The highest BCUT2D eigenvalue weighted by molar-refractivity contribution is 7.92. The quantitative estimate of drug-likeness (QED) is 0.460. The van der Waals surface area contributed by atoms with Gasteiger partial charge in [-0.1, -0.05) is 42.5 Å². The number of para-hydroxylation sites is 1. The molecule has 0 amide bonds. The molecule has 0 aliphatic rings. The Labute approximate surface area is 169 Å². The van der Waals surface area contributed by atoms with Crippen molar-refractivity contribution in [1.82, 2.24) is 0 Å². The van der Waals surface area contributed by atoms with Gasteiger partial charge in [-0.2, -0.15) is 0 Å². The summed E-state index contributed by atoms with van der Waals surface area (Å²) in [6.07, 6.45) is 0. The van der Waals surface area contributed by atoms with Gasteiger partial charge in [0.25, 0.3) is 10.0 Å². The Morgan fingerprint density at radius 2 is 1.72 bits per heavy atom. The minimum Gasteiger partial charge on any atom is -0.478 e. The third kappa shape index (κ3) is 4.67. The molecule has 0 aliphatic carbocycles. The maximum Gasteiger partial charge on any atom is 0.338 e. The second kappa shape index (κ2) is 8.93. The molecule has 0 bridgehead atoms. The van der Waals surface area contributed by atoms with E-state index in [2.05, 4.69) is 10.0 Å². The molecular formula is C21H22N2O5S. The van der Waals surface area contributed by atoms with Crippen molar-refractivity contribution >= 4 is 38.1 Å². The van der Waals surface area contributed by atoms with Crippen LogP contribution >= 0.6 is 0 Å². The first-order chi connectivity index (χ1) is 13.9. The van der Waals surface area contributed by atoms with Crippen molar-refractivity contribution in [3.8, 4) is 0 Å². The topological polar surface area (TPSA) is 105 Å². The minimum atomic E-state index is -4.03. The van der Waals surface area contributed by atoms with Crippen LogP contribution in [0.15, 0.2) is 65.6 Å². The molecule has 7 nitrogen and oxygen atoms in total. The number of aromatic carboxylic acids is 1. The molecule has 0 radical (unpaired) electrons. The van der Waals surface area contributed by atoms with E-state index in [0.717, 1.165) is 0 Å². The molecule has 3 N–H and O–H groups in total. The Bertz CT molecular complexity index is 1130. The van der Waals surface area contributed by atoms with Crippen LogP contribution in [-0.2, 0) is 14.8 Å². The summed E-state index contributed by atoms with van der Waals surface area (Å²) >= 11 is 0. The van der Waals surface area contributed by atoms with Gasteiger partial charge in [-0.05, 0) is 35.9 Å². The summed E-state index contributed by atoms with van der Waals surface area (Å²) in [7, 11) is -4.03. The van der Waals surface area contributed by atoms with E-state index in [1.807, 2.05) is 6.92 Å². The van der Waals surface area contributed by atoms with Gasteiger partial charge in [0.1, 0.15) is 4.90 Å². The van der Waals surface area contributed by atoms with Crippen molar-refractivity contribution in [3.63, 3.8) is 0 Å². The number of carboxylic acids is 1. The van der Waals surface area contributed by atoms with E-state index >= 15 is 0 Å². The van der Waals surface area contributed by atoms with E-state index in [9.17, 15) is 18.3 Å². The van der Waals surface area contributed by atoms with Crippen LogP contribution in [0.4, 0.5) is 11.4 Å². The third-order valence-corrected chi connectivity index (χ3v) is 5.75. The summed E-state index contributed by atoms with van der Waals surface area (Å²) in [5, 5.41) is 13.9. The van der Waals surface area contributed by atoms with Crippen LogP contribution in [0, 0.1) is 0 Å². The molecule has 8 heteroatoms. The summed E-state index contributed by atoms with van der Waals surface area (Å²) in [5.74, 6) is -1.21. The number of rotatable bonds is 9. The lowest BCUT2D eigenvalue weighted by Crippen LogP contribution is -2.18. The number of fused-ring (bicyclic) bond motifs is 1. The largest absolute Gasteiger partial charge is 0.478 e. The summed E-state index contributed by atoms with van der Waals surface area (Å²) in [4.78, 5) is 11.9. The van der Waals surface area contributed by atoms with Gasteiger partial charge < -0.3 is 15.2 Å². The number of carboxylic acid groups (broad SMARTS) is 1. The molecule has 0 saturated heterocycles. The van der Waals surface area contributed by atoms with Gasteiger partial charge in [0.15, 0.2) is 0 Å². The normalized spacial score (nSPS) is 11.3. The van der Waals surface area contributed by atoms with Crippen LogP contribution in [-0.4, -0.2) is 39.3 Å². The Balaban J connectivity index is 1.97. The van der Waals surface area contributed by atoms with Gasteiger partial charge >= 0.3 is 5.97 Å². The standard InChI is InChI=1S/C21H22N2O5S/c1-2-28-14-13-22-17-9-5-6-10-19(17)29(26,27)23-18-12-11-15-7-3-4-8-16(15)20(18)21(24)25/h3-12,22-23H,2,13-14H2,1H3,(H,24,25). The molecule has 0 spiro atoms. The fourth-order valence-electron chi connectivity index (χ4n) is 3.04. The molecule has 152 valence electrons. The lowest BCUT2D eigenvalue weighted by molar-refractivity contribution is 0.0700. The number of benzene rings is 3. The zero-order valence-electron chi connectivity index (χ0n) is 15.9. The molecule has 0 atom stereocenters. The fourth-order valence-corrected chi connectivity index (χ4v) is 4.29. The predicted molar refractivity (Wildman–Crippen MR) is 113 cm³/mol. The lowest BCUT2D eigenvalue weighted by Gasteiger charge is -2.16. The number of ether oxygens (including phenoxy) is 1. The van der Waals surface area contributed by atoms with Gasteiger partial charge in [-0.25, -0.2) is 13.2 Å². The molecule has 0 unspecified atom stereocenters. The van der Waals surface area contributed by atoms with E-state index in [1.165, 1.54) is 12.1 Å². The highest BCUT2D eigenvalue weighted by atomic mass is 32.2. The van der Waals surface area contributed by atoms with Crippen LogP contribution in [0.25, 0.3) is 10.8 Å². The van der Waals surface area contributed by atoms with Crippen molar-refractivity contribution in [2.45, 2.75) is 11.8 Å². The summed E-state index contributed by atoms with van der Waals surface area (Å²) in [5.41, 5.74) is 0.339. The molecule has 3 aromatic rings.